The molecular formula is C16H33N3O. The zero-order valence-corrected chi connectivity index (χ0v) is 13.6. The van der Waals surface area contributed by atoms with Gasteiger partial charge in [-0.05, 0) is 65.7 Å². The first kappa shape index (κ1) is 16.2. The number of likely N-dealkylation sites (N-methyl/N-ethyl adjacent to an activating group) is 1. The van der Waals surface area contributed by atoms with Crippen LogP contribution in [-0.4, -0.2) is 75.4 Å². The zero-order valence-electron chi connectivity index (χ0n) is 13.6. The molecular weight excluding hydrogens is 250 g/mol. The summed E-state index contributed by atoms with van der Waals surface area (Å²) >= 11 is 0. The van der Waals surface area contributed by atoms with E-state index in [9.17, 15) is 0 Å². The maximum absolute atomic E-state index is 5.72. The van der Waals surface area contributed by atoms with Crippen molar-refractivity contribution >= 4 is 0 Å². The molecule has 2 saturated heterocycles. The van der Waals surface area contributed by atoms with Crippen molar-refractivity contribution in [3.63, 3.8) is 0 Å². The Morgan fingerprint density at radius 3 is 2.70 bits per heavy atom. The molecule has 2 unspecified atom stereocenters. The second-order valence-electron chi connectivity index (χ2n) is 6.80. The van der Waals surface area contributed by atoms with E-state index in [2.05, 4.69) is 36.1 Å². The minimum Gasteiger partial charge on any atom is -0.377 e. The lowest BCUT2D eigenvalue weighted by Crippen LogP contribution is -2.42. The summed E-state index contributed by atoms with van der Waals surface area (Å²) in [7, 11) is 4.49. The summed E-state index contributed by atoms with van der Waals surface area (Å²) in [5, 5.41) is 3.62. The molecule has 2 rings (SSSR count). The van der Waals surface area contributed by atoms with Crippen LogP contribution in [0.5, 0.6) is 0 Å². The van der Waals surface area contributed by atoms with Gasteiger partial charge in [-0.2, -0.15) is 0 Å². The van der Waals surface area contributed by atoms with Crippen molar-refractivity contribution in [2.24, 2.45) is 5.92 Å². The molecule has 118 valence electrons. The van der Waals surface area contributed by atoms with E-state index < -0.39 is 0 Å². The molecule has 2 heterocycles. The van der Waals surface area contributed by atoms with Gasteiger partial charge in [0.25, 0.3) is 0 Å². The van der Waals surface area contributed by atoms with Gasteiger partial charge in [0, 0.05) is 32.3 Å². The van der Waals surface area contributed by atoms with E-state index in [1.165, 1.54) is 45.3 Å². The van der Waals surface area contributed by atoms with Crippen molar-refractivity contribution in [2.45, 2.75) is 44.8 Å². The number of hydrogen-bond donors (Lipinski definition) is 1. The molecule has 4 heteroatoms. The van der Waals surface area contributed by atoms with Crippen LogP contribution in [0.3, 0.4) is 0 Å². The van der Waals surface area contributed by atoms with Gasteiger partial charge >= 0.3 is 0 Å². The molecule has 1 N–H and O–H groups in total. The van der Waals surface area contributed by atoms with Crippen molar-refractivity contribution in [3.8, 4) is 0 Å². The number of ether oxygens (including phenoxy) is 1. The molecule has 0 aliphatic carbocycles. The second-order valence-corrected chi connectivity index (χ2v) is 6.80. The minimum absolute atomic E-state index is 0.439. The highest BCUT2D eigenvalue weighted by atomic mass is 16.5. The van der Waals surface area contributed by atoms with Crippen molar-refractivity contribution in [1.29, 1.82) is 0 Å². The predicted molar refractivity (Wildman–Crippen MR) is 84.2 cm³/mol. The van der Waals surface area contributed by atoms with Crippen LogP contribution in [0.1, 0.15) is 32.6 Å². The van der Waals surface area contributed by atoms with E-state index in [4.69, 9.17) is 4.74 Å². The SMILES string of the molecule is CC(NCCN(C)CC1CCN(C)CC1)C1CCCO1. The molecule has 2 fully saturated rings. The first-order chi connectivity index (χ1) is 9.65. The standard InChI is InChI=1S/C16H33N3O/c1-14(16-5-4-12-20-16)17-8-11-19(3)13-15-6-9-18(2)10-7-15/h14-17H,4-13H2,1-3H3. The third-order valence-corrected chi connectivity index (χ3v) is 4.89. The smallest absolute Gasteiger partial charge is 0.0726 e. The Bertz CT molecular complexity index is 260. The minimum atomic E-state index is 0.439. The first-order valence-corrected chi connectivity index (χ1v) is 8.37. The van der Waals surface area contributed by atoms with Crippen molar-refractivity contribution in [3.05, 3.63) is 0 Å². The van der Waals surface area contributed by atoms with Gasteiger partial charge in [-0.1, -0.05) is 0 Å². The van der Waals surface area contributed by atoms with Crippen LogP contribution >= 0.6 is 0 Å². The van der Waals surface area contributed by atoms with E-state index in [0.717, 1.165) is 25.6 Å². The molecule has 0 saturated carbocycles. The number of piperidine rings is 1. The van der Waals surface area contributed by atoms with Gasteiger partial charge in [-0.25, -0.2) is 0 Å². The molecule has 0 aromatic rings. The summed E-state index contributed by atoms with van der Waals surface area (Å²) in [5.74, 6) is 0.895. The number of rotatable bonds is 7. The lowest BCUT2D eigenvalue weighted by molar-refractivity contribution is 0.0825. The van der Waals surface area contributed by atoms with Crippen LogP contribution < -0.4 is 5.32 Å². The highest BCUT2D eigenvalue weighted by molar-refractivity contribution is 4.77. The lowest BCUT2D eigenvalue weighted by atomic mass is 9.97. The largest absolute Gasteiger partial charge is 0.377 e. The Labute approximate surface area is 124 Å². The van der Waals surface area contributed by atoms with E-state index in [0.29, 0.717) is 12.1 Å². The van der Waals surface area contributed by atoms with Crippen LogP contribution in [-0.2, 0) is 4.74 Å². The molecule has 0 bridgehead atoms. The van der Waals surface area contributed by atoms with Gasteiger partial charge in [0.05, 0.1) is 6.10 Å². The molecule has 2 aliphatic heterocycles. The van der Waals surface area contributed by atoms with E-state index in [1.807, 2.05) is 0 Å². The van der Waals surface area contributed by atoms with Gasteiger partial charge in [0.1, 0.15) is 0 Å². The summed E-state index contributed by atoms with van der Waals surface area (Å²) in [6.07, 6.45) is 5.61. The van der Waals surface area contributed by atoms with Gasteiger partial charge in [0.2, 0.25) is 0 Å². The van der Waals surface area contributed by atoms with E-state index >= 15 is 0 Å². The molecule has 20 heavy (non-hydrogen) atoms. The van der Waals surface area contributed by atoms with Crippen LogP contribution in [0.25, 0.3) is 0 Å². The van der Waals surface area contributed by atoms with Crippen LogP contribution in [0.15, 0.2) is 0 Å². The summed E-state index contributed by atoms with van der Waals surface area (Å²) < 4.78 is 5.72. The number of hydrogen-bond acceptors (Lipinski definition) is 4. The molecule has 2 aliphatic rings. The van der Waals surface area contributed by atoms with Crippen molar-refractivity contribution in [1.82, 2.24) is 15.1 Å². The molecule has 2 atom stereocenters. The van der Waals surface area contributed by atoms with Gasteiger partial charge in [-0.15, -0.1) is 0 Å². The van der Waals surface area contributed by atoms with Crippen molar-refractivity contribution in [2.75, 3.05) is 53.4 Å². The van der Waals surface area contributed by atoms with Gasteiger partial charge in [-0.3, -0.25) is 0 Å². The Morgan fingerprint density at radius 2 is 2.05 bits per heavy atom. The van der Waals surface area contributed by atoms with Crippen LogP contribution in [0.4, 0.5) is 0 Å². The third-order valence-electron chi connectivity index (χ3n) is 4.89. The Hall–Kier alpha value is -0.160. The second kappa shape index (κ2) is 8.32. The monoisotopic (exact) mass is 283 g/mol. The zero-order chi connectivity index (χ0) is 14.4. The summed E-state index contributed by atoms with van der Waals surface area (Å²) in [5.41, 5.74) is 0. The average Bonchev–Trinajstić information content (AvgIpc) is 2.95. The summed E-state index contributed by atoms with van der Waals surface area (Å²) in [4.78, 5) is 4.94. The normalized spacial score (nSPS) is 27.3. The molecule has 0 amide bonds. The summed E-state index contributed by atoms with van der Waals surface area (Å²) in [6.45, 7) is 9.22. The van der Waals surface area contributed by atoms with Crippen LogP contribution in [0.2, 0.25) is 0 Å². The summed E-state index contributed by atoms with van der Waals surface area (Å²) in [6, 6.07) is 0.495. The molecule has 0 spiro atoms. The Kier molecular flexibility index (Phi) is 6.75. The fourth-order valence-corrected chi connectivity index (χ4v) is 3.39. The van der Waals surface area contributed by atoms with Gasteiger partial charge in [0.15, 0.2) is 0 Å². The van der Waals surface area contributed by atoms with Gasteiger partial charge < -0.3 is 19.9 Å². The maximum atomic E-state index is 5.72. The van der Waals surface area contributed by atoms with Crippen LogP contribution in [0, 0.1) is 5.92 Å². The molecule has 0 aromatic heterocycles. The highest BCUT2D eigenvalue weighted by Gasteiger charge is 2.22. The topological polar surface area (TPSA) is 27.7 Å². The molecule has 0 aromatic carbocycles. The third kappa shape index (κ3) is 5.32. The maximum Gasteiger partial charge on any atom is 0.0726 e. The fraction of sp³-hybridized carbons (Fsp3) is 1.00. The molecule has 4 nitrogen and oxygen atoms in total. The number of nitrogens with one attached hydrogen (secondary N) is 1. The Balaban J connectivity index is 1.54. The van der Waals surface area contributed by atoms with E-state index in [1.54, 1.807) is 0 Å². The predicted octanol–water partition coefficient (Wildman–Crippen LogP) is 1.42. The van der Waals surface area contributed by atoms with E-state index in [-0.39, 0.29) is 0 Å². The average molecular weight is 283 g/mol. The van der Waals surface area contributed by atoms with Crippen molar-refractivity contribution < 1.29 is 4.74 Å². The Morgan fingerprint density at radius 1 is 1.30 bits per heavy atom. The number of nitrogens with zero attached hydrogens (tertiary/aromatic N) is 2. The number of likely N-dealkylation sites (tertiary alicyclic amines) is 1. The quantitative estimate of drug-likeness (QED) is 0.765. The highest BCUT2D eigenvalue weighted by Crippen LogP contribution is 2.17. The lowest BCUT2D eigenvalue weighted by Gasteiger charge is -2.32. The molecule has 0 radical (unpaired) electrons. The first-order valence-electron chi connectivity index (χ1n) is 8.37. The fourth-order valence-electron chi connectivity index (χ4n) is 3.39.